The van der Waals surface area contributed by atoms with Crippen molar-refractivity contribution in [2.45, 2.75) is 43.4 Å². The van der Waals surface area contributed by atoms with E-state index in [1.54, 1.807) is 49.4 Å². The maximum atomic E-state index is 13.0. The van der Waals surface area contributed by atoms with Crippen molar-refractivity contribution in [3.05, 3.63) is 83.5 Å². The predicted molar refractivity (Wildman–Crippen MR) is 130 cm³/mol. The summed E-state index contributed by atoms with van der Waals surface area (Å²) in [6.07, 6.45) is 2.89. The van der Waals surface area contributed by atoms with Gasteiger partial charge in [0.2, 0.25) is 0 Å². The van der Waals surface area contributed by atoms with E-state index in [0.29, 0.717) is 29.8 Å². The van der Waals surface area contributed by atoms with Gasteiger partial charge in [-0.25, -0.2) is 0 Å². The number of fused-ring (bicyclic) bond motifs is 1. The van der Waals surface area contributed by atoms with Crippen LogP contribution in [0.1, 0.15) is 33.6 Å². The van der Waals surface area contributed by atoms with Crippen molar-refractivity contribution in [3.8, 4) is 0 Å². The van der Waals surface area contributed by atoms with Crippen LogP contribution in [0.2, 0.25) is 0 Å². The van der Waals surface area contributed by atoms with Crippen LogP contribution in [0.25, 0.3) is 0 Å². The van der Waals surface area contributed by atoms with Gasteiger partial charge in [0.25, 0.3) is 20.0 Å². The summed E-state index contributed by atoms with van der Waals surface area (Å²) in [5, 5.41) is 0. The maximum Gasteiger partial charge on any atom is 0.282 e. The Labute approximate surface area is 195 Å². The highest BCUT2D eigenvalue weighted by Crippen LogP contribution is 2.41. The van der Waals surface area contributed by atoms with Crippen LogP contribution in [0, 0.1) is 11.8 Å². The number of sulfonamides is 2. The molecule has 2 aromatic carbocycles. The van der Waals surface area contributed by atoms with Crippen molar-refractivity contribution in [2.24, 2.45) is 20.6 Å². The summed E-state index contributed by atoms with van der Waals surface area (Å²) in [6, 6.07) is 16.2. The first-order chi connectivity index (χ1) is 15.6. The molecule has 4 rings (SSSR count). The Balaban J connectivity index is 1.85. The van der Waals surface area contributed by atoms with E-state index in [0.717, 1.165) is 0 Å². The monoisotopic (exact) mass is 482 g/mol. The third-order valence-corrected chi connectivity index (χ3v) is 8.92. The number of hydrogen-bond acceptors (Lipinski definition) is 4. The quantitative estimate of drug-likeness (QED) is 0.575. The Morgan fingerprint density at radius 1 is 0.667 bits per heavy atom. The molecule has 33 heavy (non-hydrogen) atoms. The molecule has 2 aliphatic carbocycles. The molecule has 0 aliphatic heterocycles. The second-order valence-electron chi connectivity index (χ2n) is 8.58. The van der Waals surface area contributed by atoms with Crippen molar-refractivity contribution < 1.29 is 16.8 Å². The average Bonchev–Trinajstić information content (AvgIpc) is 2.79. The molecule has 0 saturated carbocycles. The van der Waals surface area contributed by atoms with E-state index in [-0.39, 0.29) is 21.6 Å². The van der Waals surface area contributed by atoms with E-state index >= 15 is 0 Å². The smallest absolute Gasteiger partial charge is 0.199 e. The van der Waals surface area contributed by atoms with Crippen LogP contribution in [0.15, 0.2) is 102 Å². The zero-order chi connectivity index (χ0) is 23.8. The molecular formula is C25H26N2O4S2. The molecule has 2 aromatic rings. The summed E-state index contributed by atoms with van der Waals surface area (Å²) in [5.41, 5.74) is 3.88. The molecule has 0 aromatic heterocycles. The topological polar surface area (TPSA) is 93.0 Å². The van der Waals surface area contributed by atoms with Crippen LogP contribution in [0.3, 0.4) is 0 Å². The van der Waals surface area contributed by atoms with Crippen LogP contribution >= 0.6 is 0 Å². The van der Waals surface area contributed by atoms with Crippen molar-refractivity contribution in [3.63, 3.8) is 0 Å². The van der Waals surface area contributed by atoms with E-state index in [2.05, 4.69) is 8.80 Å². The molecule has 0 bridgehead atoms. The molecular weight excluding hydrogens is 456 g/mol. The van der Waals surface area contributed by atoms with Gasteiger partial charge in [-0.15, -0.1) is 0 Å². The number of allylic oxidation sites excluding steroid dienone is 4. The first kappa shape index (κ1) is 23.3. The number of hydrogen-bond donors (Lipinski definition) is 0. The molecule has 0 amide bonds. The molecule has 2 aliphatic rings. The van der Waals surface area contributed by atoms with Gasteiger partial charge in [0, 0.05) is 11.8 Å². The van der Waals surface area contributed by atoms with Crippen LogP contribution in [0.5, 0.6) is 0 Å². The van der Waals surface area contributed by atoms with E-state index in [4.69, 9.17) is 0 Å². The van der Waals surface area contributed by atoms with E-state index < -0.39 is 20.0 Å². The van der Waals surface area contributed by atoms with E-state index in [9.17, 15) is 16.8 Å². The van der Waals surface area contributed by atoms with Gasteiger partial charge >= 0.3 is 0 Å². The van der Waals surface area contributed by atoms with Crippen LogP contribution in [-0.4, -0.2) is 28.3 Å². The normalized spacial score (nSPS) is 24.0. The predicted octanol–water partition coefficient (Wildman–Crippen LogP) is 4.97. The van der Waals surface area contributed by atoms with Gasteiger partial charge < -0.3 is 0 Å². The van der Waals surface area contributed by atoms with Gasteiger partial charge in [-0.05, 0) is 69.5 Å². The lowest BCUT2D eigenvalue weighted by molar-refractivity contribution is 0.486. The standard InChI is InChI=1S/C25H26N2O4S2/c1-17-14-22-23(15-18(17)2)25(27-33(30,31)21-12-8-5-9-13-21)19(3)16-24(22)26-32(28,29)20-10-6-4-7-11-20/h4-13,16,22-23H,14-15H2,1-3H3/b26-24+,27-25+. The highest BCUT2D eigenvalue weighted by molar-refractivity contribution is 7.90. The number of rotatable bonds is 4. The molecule has 172 valence electrons. The Morgan fingerprint density at radius 2 is 1.12 bits per heavy atom. The first-order valence-electron chi connectivity index (χ1n) is 10.7. The molecule has 6 nitrogen and oxygen atoms in total. The summed E-state index contributed by atoms with van der Waals surface area (Å²) >= 11 is 0. The van der Waals surface area contributed by atoms with Gasteiger partial charge in [-0.2, -0.15) is 25.6 Å². The molecule has 2 atom stereocenters. The van der Waals surface area contributed by atoms with Crippen LogP contribution in [0.4, 0.5) is 0 Å². The van der Waals surface area contributed by atoms with Crippen LogP contribution in [-0.2, 0) is 20.0 Å². The highest BCUT2D eigenvalue weighted by Gasteiger charge is 2.39. The largest absolute Gasteiger partial charge is 0.282 e. The minimum absolute atomic E-state index is 0.130. The molecule has 0 heterocycles. The zero-order valence-corrected chi connectivity index (χ0v) is 20.4. The van der Waals surface area contributed by atoms with Crippen molar-refractivity contribution in [1.29, 1.82) is 0 Å². The third kappa shape index (κ3) is 4.77. The third-order valence-electron chi connectivity index (χ3n) is 6.29. The molecule has 8 heteroatoms. The van der Waals surface area contributed by atoms with E-state index in [1.165, 1.54) is 35.4 Å². The van der Waals surface area contributed by atoms with Gasteiger partial charge in [0.1, 0.15) is 0 Å². The molecule has 0 radical (unpaired) electrons. The van der Waals surface area contributed by atoms with Gasteiger partial charge in [0.15, 0.2) is 0 Å². The second kappa shape index (κ2) is 8.83. The number of nitrogens with zero attached hydrogens (tertiary/aromatic N) is 2. The molecule has 0 spiro atoms. The summed E-state index contributed by atoms with van der Waals surface area (Å²) in [7, 11) is -7.79. The summed E-state index contributed by atoms with van der Waals surface area (Å²) in [6.45, 7) is 5.82. The molecule has 0 N–H and O–H groups in total. The minimum Gasteiger partial charge on any atom is -0.199 e. The first-order valence-corrected chi connectivity index (χ1v) is 13.6. The van der Waals surface area contributed by atoms with Gasteiger partial charge in [-0.1, -0.05) is 47.5 Å². The Bertz CT molecular complexity index is 1400. The van der Waals surface area contributed by atoms with Crippen molar-refractivity contribution >= 4 is 31.5 Å². The van der Waals surface area contributed by atoms with Crippen LogP contribution < -0.4 is 0 Å². The number of benzene rings is 2. The minimum atomic E-state index is -3.90. The lowest BCUT2D eigenvalue weighted by Gasteiger charge is -2.37. The second-order valence-corrected chi connectivity index (χ2v) is 11.8. The lowest BCUT2D eigenvalue weighted by atomic mass is 9.68. The Hall–Kier alpha value is -2.84. The molecule has 2 unspecified atom stereocenters. The summed E-state index contributed by atoms with van der Waals surface area (Å²) < 4.78 is 60.4. The fourth-order valence-electron chi connectivity index (χ4n) is 4.38. The maximum absolute atomic E-state index is 13.0. The van der Waals surface area contributed by atoms with Crippen molar-refractivity contribution in [1.82, 2.24) is 0 Å². The highest BCUT2D eigenvalue weighted by atomic mass is 32.2. The lowest BCUT2D eigenvalue weighted by Crippen LogP contribution is -2.38. The average molecular weight is 483 g/mol. The van der Waals surface area contributed by atoms with E-state index in [1.807, 2.05) is 13.8 Å². The fraction of sp³-hybridized carbons (Fsp3) is 0.280. The summed E-state index contributed by atoms with van der Waals surface area (Å²) in [4.78, 5) is 0.262. The summed E-state index contributed by atoms with van der Waals surface area (Å²) in [5.74, 6) is -0.525. The SMILES string of the molecule is CC1=CC(=N\S(=O)(=O)c2ccccc2)/C2CC(C)=C(C)CC2/C1=N/S(=O)(=O)c1ccccc1. The zero-order valence-electron chi connectivity index (χ0n) is 18.8. The van der Waals surface area contributed by atoms with Crippen molar-refractivity contribution in [2.75, 3.05) is 0 Å². The van der Waals surface area contributed by atoms with Gasteiger partial charge in [-0.3, -0.25) is 0 Å². The molecule has 0 fully saturated rings. The van der Waals surface area contributed by atoms with Gasteiger partial charge in [0.05, 0.1) is 21.2 Å². The fourth-order valence-corrected chi connectivity index (χ4v) is 6.60. The Kier molecular flexibility index (Phi) is 6.24. The molecule has 0 saturated heterocycles. The Morgan fingerprint density at radius 3 is 1.64 bits per heavy atom.